The minimum Gasteiger partial charge on any atom is -0.296 e. The van der Waals surface area contributed by atoms with E-state index in [0.717, 1.165) is 22.4 Å². The average molecular weight is 307 g/mol. The van der Waals surface area contributed by atoms with Crippen LogP contribution < -0.4 is 0 Å². The van der Waals surface area contributed by atoms with Crippen LogP contribution in [0.2, 0.25) is 0 Å². The molecular formula is C15H8F3NOS. The molecule has 3 aromatic rings. The van der Waals surface area contributed by atoms with Crippen LogP contribution in [0.1, 0.15) is 16.1 Å². The van der Waals surface area contributed by atoms with Crippen LogP contribution in [-0.4, -0.2) is 11.3 Å². The first-order valence-corrected chi connectivity index (χ1v) is 6.82. The van der Waals surface area contributed by atoms with Crippen molar-refractivity contribution in [3.8, 4) is 10.6 Å². The second-order valence-corrected chi connectivity index (χ2v) is 5.51. The Balaban J connectivity index is 2.10. The summed E-state index contributed by atoms with van der Waals surface area (Å²) in [7, 11) is 0. The number of hydrogen-bond acceptors (Lipinski definition) is 3. The number of rotatable bonds is 2. The Morgan fingerprint density at radius 1 is 1.10 bits per heavy atom. The van der Waals surface area contributed by atoms with Gasteiger partial charge < -0.3 is 0 Å². The summed E-state index contributed by atoms with van der Waals surface area (Å²) in [5.41, 5.74) is 0.202. The molecule has 2 aromatic heterocycles. The Hall–Kier alpha value is -2.21. The van der Waals surface area contributed by atoms with Gasteiger partial charge >= 0.3 is 6.18 Å². The fraction of sp³-hybridized carbons (Fsp3) is 0.0667. The Morgan fingerprint density at radius 3 is 2.62 bits per heavy atom. The van der Waals surface area contributed by atoms with Crippen LogP contribution in [-0.2, 0) is 6.18 Å². The summed E-state index contributed by atoms with van der Waals surface area (Å²) in [5.74, 6) is 0. The molecule has 0 aliphatic rings. The molecule has 0 radical (unpaired) electrons. The minimum atomic E-state index is -4.35. The molecule has 3 rings (SSSR count). The van der Waals surface area contributed by atoms with Gasteiger partial charge in [0.1, 0.15) is 5.69 Å². The van der Waals surface area contributed by atoms with E-state index in [2.05, 4.69) is 4.98 Å². The zero-order valence-electron chi connectivity index (χ0n) is 10.5. The van der Waals surface area contributed by atoms with Crippen molar-refractivity contribution in [3.05, 3.63) is 53.7 Å². The van der Waals surface area contributed by atoms with Crippen LogP contribution in [0.15, 0.2) is 42.5 Å². The average Bonchev–Trinajstić information content (AvgIpc) is 2.89. The van der Waals surface area contributed by atoms with Crippen LogP contribution in [0.3, 0.4) is 0 Å². The maximum absolute atomic E-state index is 12.7. The third-order valence-corrected chi connectivity index (χ3v) is 4.11. The van der Waals surface area contributed by atoms with E-state index in [1.807, 2.05) is 0 Å². The molecule has 0 aliphatic carbocycles. The van der Waals surface area contributed by atoms with Gasteiger partial charge in [-0.25, -0.2) is 4.98 Å². The Labute approximate surface area is 121 Å². The van der Waals surface area contributed by atoms with E-state index >= 15 is 0 Å². The lowest BCUT2D eigenvalue weighted by molar-refractivity contribution is -0.137. The van der Waals surface area contributed by atoms with Crippen molar-refractivity contribution in [2.45, 2.75) is 6.18 Å². The van der Waals surface area contributed by atoms with E-state index in [9.17, 15) is 18.0 Å². The molecule has 2 heterocycles. The molecule has 2 nitrogen and oxygen atoms in total. The molecule has 6 heteroatoms. The topological polar surface area (TPSA) is 30.0 Å². The molecule has 0 spiro atoms. The summed E-state index contributed by atoms with van der Waals surface area (Å²) in [6.07, 6.45) is -3.72. The molecule has 0 fully saturated rings. The van der Waals surface area contributed by atoms with Gasteiger partial charge in [0.2, 0.25) is 0 Å². The van der Waals surface area contributed by atoms with Crippen molar-refractivity contribution in [1.29, 1.82) is 0 Å². The highest BCUT2D eigenvalue weighted by Gasteiger charge is 2.30. The Morgan fingerprint density at radius 2 is 1.90 bits per heavy atom. The summed E-state index contributed by atoms with van der Waals surface area (Å²) >= 11 is 1.22. The lowest BCUT2D eigenvalue weighted by atomic mass is 10.1. The highest BCUT2D eigenvalue weighted by Crippen LogP contribution is 2.37. The zero-order valence-corrected chi connectivity index (χ0v) is 11.3. The van der Waals surface area contributed by atoms with Crippen molar-refractivity contribution in [2.75, 3.05) is 0 Å². The van der Waals surface area contributed by atoms with E-state index < -0.39 is 11.7 Å². The monoisotopic (exact) mass is 307 g/mol. The number of alkyl halides is 3. The number of thiophene rings is 1. The van der Waals surface area contributed by atoms with Crippen molar-refractivity contribution >= 4 is 27.7 Å². The molecule has 0 unspecified atom stereocenters. The van der Waals surface area contributed by atoms with Crippen LogP contribution >= 0.6 is 11.3 Å². The van der Waals surface area contributed by atoms with E-state index in [1.54, 1.807) is 24.3 Å². The maximum atomic E-state index is 12.7. The number of halogens is 3. The molecule has 0 aliphatic heterocycles. The molecular weight excluding hydrogens is 299 g/mol. The van der Waals surface area contributed by atoms with Gasteiger partial charge in [0.15, 0.2) is 6.29 Å². The molecule has 0 amide bonds. The molecule has 0 N–H and O–H groups in total. The van der Waals surface area contributed by atoms with Gasteiger partial charge in [-0.05, 0) is 35.7 Å². The number of fused-ring (bicyclic) bond motifs is 1. The molecule has 106 valence electrons. The first-order valence-electron chi connectivity index (χ1n) is 6.01. The third kappa shape index (κ3) is 2.67. The third-order valence-electron chi connectivity index (χ3n) is 2.99. The van der Waals surface area contributed by atoms with Crippen molar-refractivity contribution in [3.63, 3.8) is 0 Å². The fourth-order valence-electron chi connectivity index (χ4n) is 1.99. The number of aromatic nitrogens is 1. The van der Waals surface area contributed by atoms with Gasteiger partial charge in [-0.1, -0.05) is 12.1 Å². The predicted molar refractivity (Wildman–Crippen MR) is 75.4 cm³/mol. The van der Waals surface area contributed by atoms with Crippen LogP contribution in [0.4, 0.5) is 13.2 Å². The molecule has 0 saturated carbocycles. The molecule has 0 bridgehead atoms. The number of carbonyl (C=O) groups excluding carboxylic acids is 1. The second-order valence-electron chi connectivity index (χ2n) is 4.43. The number of benzene rings is 1. The van der Waals surface area contributed by atoms with Gasteiger partial charge in [0.25, 0.3) is 0 Å². The Kier molecular flexibility index (Phi) is 3.25. The smallest absolute Gasteiger partial charge is 0.296 e. The fourth-order valence-corrected chi connectivity index (χ4v) is 3.06. The number of aldehydes is 1. The molecule has 21 heavy (non-hydrogen) atoms. The van der Waals surface area contributed by atoms with E-state index in [-0.39, 0.29) is 0 Å². The quantitative estimate of drug-likeness (QED) is 0.637. The van der Waals surface area contributed by atoms with Gasteiger partial charge in [0, 0.05) is 4.70 Å². The maximum Gasteiger partial charge on any atom is 0.416 e. The van der Waals surface area contributed by atoms with Gasteiger partial charge in [-0.15, -0.1) is 11.3 Å². The molecule has 1 aromatic carbocycles. The predicted octanol–water partition coefficient (Wildman–Crippen LogP) is 4.79. The highest BCUT2D eigenvalue weighted by atomic mass is 32.1. The summed E-state index contributed by atoms with van der Waals surface area (Å²) in [6, 6.07) is 10.4. The minimum absolute atomic E-state index is 0.293. The molecule has 0 atom stereocenters. The highest BCUT2D eigenvalue weighted by molar-refractivity contribution is 7.22. The number of nitrogens with zero attached hydrogens (tertiary/aromatic N) is 1. The van der Waals surface area contributed by atoms with E-state index in [1.165, 1.54) is 17.4 Å². The summed E-state index contributed by atoms with van der Waals surface area (Å²) in [6.45, 7) is 0. The SMILES string of the molecule is O=Cc1cccc(-c2cc3ccc(C(F)(F)F)cc3s2)n1. The van der Waals surface area contributed by atoms with Crippen LogP contribution in [0, 0.1) is 0 Å². The number of hydrogen-bond donors (Lipinski definition) is 0. The lowest BCUT2D eigenvalue weighted by Crippen LogP contribution is -2.03. The summed E-state index contributed by atoms with van der Waals surface area (Å²) in [5, 5.41) is 0.723. The van der Waals surface area contributed by atoms with Crippen LogP contribution in [0.25, 0.3) is 20.7 Å². The number of carbonyl (C=O) groups is 1. The normalized spacial score (nSPS) is 11.8. The Bertz CT molecular complexity index is 823. The van der Waals surface area contributed by atoms with Crippen LogP contribution in [0.5, 0.6) is 0 Å². The largest absolute Gasteiger partial charge is 0.416 e. The summed E-state index contributed by atoms with van der Waals surface area (Å²) in [4.78, 5) is 15.6. The van der Waals surface area contributed by atoms with Crippen molar-refractivity contribution in [1.82, 2.24) is 4.98 Å². The van der Waals surface area contributed by atoms with Crippen molar-refractivity contribution in [2.24, 2.45) is 0 Å². The lowest BCUT2D eigenvalue weighted by Gasteiger charge is -2.05. The second kappa shape index (κ2) is 4.96. The van der Waals surface area contributed by atoms with Crippen molar-refractivity contribution < 1.29 is 18.0 Å². The van der Waals surface area contributed by atoms with Gasteiger partial charge in [-0.2, -0.15) is 13.2 Å². The standard InChI is InChI=1S/C15H8F3NOS/c16-15(17,18)10-5-4-9-6-14(21-13(9)7-10)12-3-1-2-11(8-20)19-12/h1-8H. The molecule has 0 saturated heterocycles. The van der Waals surface area contributed by atoms with E-state index in [0.29, 0.717) is 22.4 Å². The van der Waals surface area contributed by atoms with Gasteiger partial charge in [0.05, 0.1) is 16.1 Å². The van der Waals surface area contributed by atoms with E-state index in [4.69, 9.17) is 0 Å². The van der Waals surface area contributed by atoms with Gasteiger partial charge in [-0.3, -0.25) is 4.79 Å². The zero-order chi connectivity index (χ0) is 15.0. The first kappa shape index (κ1) is 13.8. The number of pyridine rings is 1. The summed E-state index contributed by atoms with van der Waals surface area (Å²) < 4.78 is 38.6. The first-order chi connectivity index (χ1) is 9.97.